The first-order valence-corrected chi connectivity index (χ1v) is 11.9. The van der Waals surface area contributed by atoms with E-state index >= 15 is 0 Å². The number of rotatable bonds is 2. The summed E-state index contributed by atoms with van der Waals surface area (Å²) in [6.07, 6.45) is 0. The molecule has 2 heterocycles. The Morgan fingerprint density at radius 3 is 1.32 bits per heavy atom. The fraction of sp³-hybridized carbons (Fsp3) is 0. The molecule has 0 saturated carbocycles. The summed E-state index contributed by atoms with van der Waals surface area (Å²) in [6.45, 7) is 0. The lowest BCUT2D eigenvalue weighted by Crippen LogP contribution is -1.98. The molecular weight excluding hydrogens is 459 g/mol. The molecule has 162 valence electrons. The van der Waals surface area contributed by atoms with Gasteiger partial charge in [0.05, 0.1) is 22.1 Å². The standard InChI is InChI=1S/C30H18Cl2N2/c31-19-12-14-29-25(16-19)23-8-1-3-10-27(23)33(29)21-6-5-7-22(18-21)34-28-11-4-2-9-24(28)26-17-20(32)13-15-30(26)34/h1-18H. The third-order valence-electron chi connectivity index (χ3n) is 6.62. The highest BCUT2D eigenvalue weighted by molar-refractivity contribution is 6.32. The van der Waals surface area contributed by atoms with Crippen molar-refractivity contribution in [1.82, 2.24) is 9.13 Å². The van der Waals surface area contributed by atoms with E-state index < -0.39 is 0 Å². The summed E-state index contributed by atoms with van der Waals surface area (Å²) in [4.78, 5) is 0. The number of hydrogen-bond acceptors (Lipinski definition) is 0. The van der Waals surface area contributed by atoms with Gasteiger partial charge >= 0.3 is 0 Å². The smallest absolute Gasteiger partial charge is 0.0542 e. The minimum absolute atomic E-state index is 0.744. The first kappa shape index (κ1) is 19.7. The van der Waals surface area contributed by atoms with E-state index in [1.807, 2.05) is 12.1 Å². The molecule has 0 aliphatic heterocycles. The second kappa shape index (κ2) is 7.39. The lowest BCUT2D eigenvalue weighted by atomic mass is 10.2. The molecule has 7 aromatic rings. The molecule has 0 saturated heterocycles. The van der Waals surface area contributed by atoms with Gasteiger partial charge in [-0.25, -0.2) is 0 Å². The van der Waals surface area contributed by atoms with E-state index in [2.05, 4.69) is 106 Å². The van der Waals surface area contributed by atoms with Gasteiger partial charge in [-0.1, -0.05) is 65.7 Å². The molecule has 0 atom stereocenters. The van der Waals surface area contributed by atoms with Crippen molar-refractivity contribution in [2.45, 2.75) is 0 Å². The van der Waals surface area contributed by atoms with Gasteiger partial charge < -0.3 is 9.13 Å². The van der Waals surface area contributed by atoms with Crippen LogP contribution in [-0.4, -0.2) is 9.13 Å². The summed E-state index contributed by atoms with van der Waals surface area (Å²) in [5.74, 6) is 0. The van der Waals surface area contributed by atoms with Crippen molar-refractivity contribution in [2.75, 3.05) is 0 Å². The molecule has 5 aromatic carbocycles. The van der Waals surface area contributed by atoms with Crippen LogP contribution < -0.4 is 0 Å². The lowest BCUT2D eigenvalue weighted by Gasteiger charge is -2.12. The predicted molar refractivity (Wildman–Crippen MR) is 145 cm³/mol. The molecule has 0 aliphatic rings. The number of halogens is 2. The Hall–Kier alpha value is -3.72. The average molecular weight is 477 g/mol. The molecule has 0 amide bonds. The monoisotopic (exact) mass is 476 g/mol. The van der Waals surface area contributed by atoms with Crippen molar-refractivity contribution in [2.24, 2.45) is 0 Å². The molecule has 0 spiro atoms. The van der Waals surface area contributed by atoms with Crippen LogP contribution in [0.15, 0.2) is 109 Å². The van der Waals surface area contributed by atoms with Gasteiger partial charge in [-0.3, -0.25) is 0 Å². The maximum atomic E-state index is 6.37. The van der Waals surface area contributed by atoms with Crippen LogP contribution in [-0.2, 0) is 0 Å². The van der Waals surface area contributed by atoms with Gasteiger partial charge in [0.1, 0.15) is 0 Å². The molecule has 2 aromatic heterocycles. The summed E-state index contributed by atoms with van der Waals surface area (Å²) in [6, 6.07) is 37.9. The van der Waals surface area contributed by atoms with Gasteiger partial charge in [0, 0.05) is 43.0 Å². The minimum Gasteiger partial charge on any atom is -0.309 e. The van der Waals surface area contributed by atoms with Crippen LogP contribution in [0.2, 0.25) is 10.0 Å². The maximum absolute atomic E-state index is 6.37. The SMILES string of the molecule is Clc1ccc2c(c1)c1ccccc1n2-c1cccc(-n2c3ccccc3c3cc(Cl)ccc32)c1. The zero-order chi connectivity index (χ0) is 22.8. The molecule has 4 heteroatoms. The van der Waals surface area contributed by atoms with Gasteiger partial charge in [-0.15, -0.1) is 0 Å². The van der Waals surface area contributed by atoms with E-state index in [4.69, 9.17) is 23.2 Å². The van der Waals surface area contributed by atoms with E-state index in [1.54, 1.807) is 0 Å². The number of benzene rings is 5. The molecule has 34 heavy (non-hydrogen) atoms. The van der Waals surface area contributed by atoms with Gasteiger partial charge in [-0.05, 0) is 66.7 Å². The van der Waals surface area contributed by atoms with Crippen molar-refractivity contribution >= 4 is 66.8 Å². The summed E-state index contributed by atoms with van der Waals surface area (Å²) >= 11 is 12.7. The van der Waals surface area contributed by atoms with Crippen LogP contribution in [0.4, 0.5) is 0 Å². The van der Waals surface area contributed by atoms with E-state index in [0.717, 1.165) is 54.3 Å². The third kappa shape index (κ3) is 2.83. The van der Waals surface area contributed by atoms with Crippen molar-refractivity contribution in [3.8, 4) is 11.4 Å². The molecule has 0 N–H and O–H groups in total. The van der Waals surface area contributed by atoms with Crippen molar-refractivity contribution in [1.29, 1.82) is 0 Å². The topological polar surface area (TPSA) is 9.86 Å². The van der Waals surface area contributed by atoms with Crippen LogP contribution in [0, 0.1) is 0 Å². The highest BCUT2D eigenvalue weighted by atomic mass is 35.5. The van der Waals surface area contributed by atoms with E-state index in [9.17, 15) is 0 Å². The molecule has 7 rings (SSSR count). The average Bonchev–Trinajstić information content (AvgIpc) is 3.36. The van der Waals surface area contributed by atoms with Crippen LogP contribution in [0.3, 0.4) is 0 Å². The molecule has 0 aliphatic carbocycles. The predicted octanol–water partition coefficient (Wildman–Crippen LogP) is 9.19. The Kier molecular flexibility index (Phi) is 4.29. The van der Waals surface area contributed by atoms with Crippen LogP contribution >= 0.6 is 23.2 Å². The van der Waals surface area contributed by atoms with E-state index in [1.165, 1.54) is 10.8 Å². The number of hydrogen-bond donors (Lipinski definition) is 0. The Labute approximate surface area is 206 Å². The number of fused-ring (bicyclic) bond motifs is 6. The molecule has 2 nitrogen and oxygen atoms in total. The second-order valence-corrected chi connectivity index (χ2v) is 9.42. The van der Waals surface area contributed by atoms with Crippen LogP contribution in [0.5, 0.6) is 0 Å². The molecule has 0 unspecified atom stereocenters. The largest absolute Gasteiger partial charge is 0.309 e. The fourth-order valence-electron chi connectivity index (χ4n) is 5.22. The Balaban J connectivity index is 1.54. The quantitative estimate of drug-likeness (QED) is 0.235. The normalized spacial score (nSPS) is 11.8. The Morgan fingerprint density at radius 2 is 0.824 bits per heavy atom. The summed E-state index contributed by atoms with van der Waals surface area (Å²) in [5, 5.41) is 6.18. The third-order valence-corrected chi connectivity index (χ3v) is 7.09. The van der Waals surface area contributed by atoms with E-state index in [0.29, 0.717) is 0 Å². The summed E-state index contributed by atoms with van der Waals surface area (Å²) in [5.41, 5.74) is 6.79. The highest BCUT2D eigenvalue weighted by Gasteiger charge is 2.15. The first-order valence-electron chi connectivity index (χ1n) is 11.2. The highest BCUT2D eigenvalue weighted by Crippen LogP contribution is 2.36. The molecule has 0 fully saturated rings. The van der Waals surface area contributed by atoms with E-state index in [-0.39, 0.29) is 0 Å². The zero-order valence-electron chi connectivity index (χ0n) is 18.0. The number of para-hydroxylation sites is 2. The Bertz CT molecular complexity index is 1760. The van der Waals surface area contributed by atoms with Crippen molar-refractivity contribution in [3.63, 3.8) is 0 Å². The van der Waals surface area contributed by atoms with Crippen LogP contribution in [0.1, 0.15) is 0 Å². The molecule has 0 radical (unpaired) electrons. The molecule has 0 bridgehead atoms. The summed E-state index contributed by atoms with van der Waals surface area (Å²) in [7, 11) is 0. The second-order valence-electron chi connectivity index (χ2n) is 8.55. The van der Waals surface area contributed by atoms with Gasteiger partial charge in [0.25, 0.3) is 0 Å². The minimum atomic E-state index is 0.744. The first-order chi connectivity index (χ1) is 16.7. The van der Waals surface area contributed by atoms with Gasteiger partial charge in [0.2, 0.25) is 0 Å². The molecular formula is C30H18Cl2N2. The summed E-state index contributed by atoms with van der Waals surface area (Å²) < 4.78 is 4.63. The van der Waals surface area contributed by atoms with Gasteiger partial charge in [-0.2, -0.15) is 0 Å². The zero-order valence-corrected chi connectivity index (χ0v) is 19.6. The van der Waals surface area contributed by atoms with Crippen LogP contribution in [0.25, 0.3) is 55.0 Å². The van der Waals surface area contributed by atoms with Crippen molar-refractivity contribution in [3.05, 3.63) is 119 Å². The van der Waals surface area contributed by atoms with Gasteiger partial charge in [0.15, 0.2) is 0 Å². The maximum Gasteiger partial charge on any atom is 0.0542 e. The fourth-order valence-corrected chi connectivity index (χ4v) is 5.56. The van der Waals surface area contributed by atoms with Crippen molar-refractivity contribution < 1.29 is 0 Å². The Morgan fingerprint density at radius 1 is 0.382 bits per heavy atom. The number of nitrogens with zero attached hydrogens (tertiary/aromatic N) is 2. The lowest BCUT2D eigenvalue weighted by molar-refractivity contribution is 1.13. The number of aromatic nitrogens is 2.